The van der Waals surface area contributed by atoms with Gasteiger partial charge in [0.15, 0.2) is 0 Å². The normalized spacial score (nSPS) is 31.3. The van der Waals surface area contributed by atoms with Crippen molar-refractivity contribution in [3.05, 3.63) is 12.3 Å². The molecule has 2 atom stereocenters. The number of unbranched alkanes of at least 4 members (excludes halogenated alkanes) is 2. The summed E-state index contributed by atoms with van der Waals surface area (Å²) >= 11 is 1.74. The predicted octanol–water partition coefficient (Wildman–Crippen LogP) is 1.54. The Labute approximate surface area is 107 Å². The van der Waals surface area contributed by atoms with Crippen molar-refractivity contribution < 1.29 is 9.53 Å². The highest BCUT2D eigenvalue weighted by Crippen LogP contribution is 2.41. The first-order valence-corrected chi connectivity index (χ1v) is 7.22. The van der Waals surface area contributed by atoms with Crippen LogP contribution in [-0.4, -0.2) is 41.3 Å². The van der Waals surface area contributed by atoms with Crippen molar-refractivity contribution in [3.63, 3.8) is 0 Å². The zero-order valence-corrected chi connectivity index (χ0v) is 11.3. The lowest BCUT2D eigenvalue weighted by Gasteiger charge is -2.54. The Morgan fingerprint density at radius 1 is 1.65 bits per heavy atom. The third kappa shape index (κ3) is 2.11. The molecule has 0 aromatic rings. The maximum absolute atomic E-state index is 12.1. The number of β-lactam (4-membered cyclic amide) rings is 1. The fourth-order valence-corrected chi connectivity index (χ4v) is 3.47. The Hall–Kier alpha value is -0.520. The summed E-state index contributed by atoms with van der Waals surface area (Å²) in [5.74, 6) is 0.973. The quantitative estimate of drug-likeness (QED) is 0.445. The van der Waals surface area contributed by atoms with Crippen molar-refractivity contribution in [3.8, 4) is 0 Å². The van der Waals surface area contributed by atoms with E-state index >= 15 is 0 Å². The number of amides is 1. The summed E-state index contributed by atoms with van der Waals surface area (Å²) in [7, 11) is 1.61. The number of nitrogens with zero attached hydrogens (tertiary/aromatic N) is 1. The highest BCUT2D eigenvalue weighted by Gasteiger charge is 2.61. The molecule has 1 fully saturated rings. The van der Waals surface area contributed by atoms with E-state index in [1.165, 1.54) is 12.8 Å². The zero-order valence-electron chi connectivity index (χ0n) is 10.4. The minimum atomic E-state index is -0.789. The summed E-state index contributed by atoms with van der Waals surface area (Å²) in [6.45, 7) is 3.01. The van der Waals surface area contributed by atoms with E-state index in [2.05, 4.69) is 12.2 Å². The second kappa shape index (κ2) is 5.42. The van der Waals surface area contributed by atoms with Gasteiger partial charge >= 0.3 is 0 Å². The van der Waals surface area contributed by atoms with Crippen molar-refractivity contribution in [2.75, 3.05) is 19.4 Å². The van der Waals surface area contributed by atoms with Gasteiger partial charge in [0.1, 0.15) is 5.37 Å². The van der Waals surface area contributed by atoms with Crippen LogP contribution in [0.2, 0.25) is 0 Å². The maximum atomic E-state index is 12.1. The maximum Gasteiger partial charge on any atom is 0.278 e. The summed E-state index contributed by atoms with van der Waals surface area (Å²) in [6, 6.07) is 0. The van der Waals surface area contributed by atoms with E-state index in [0.717, 1.165) is 18.7 Å². The average Bonchev–Trinajstić information content (AvgIpc) is 2.38. The smallest absolute Gasteiger partial charge is 0.278 e. The SMILES string of the molecule is CCCCCN[C@]1(OC)C(=O)N2C=CCS[C@H]21. The van der Waals surface area contributed by atoms with Gasteiger partial charge in [0.05, 0.1) is 0 Å². The first kappa shape index (κ1) is 12.9. The number of fused-ring (bicyclic) bond motifs is 1. The van der Waals surface area contributed by atoms with Crippen LogP contribution in [0.3, 0.4) is 0 Å². The molecule has 0 radical (unpaired) electrons. The molecule has 1 amide bonds. The Morgan fingerprint density at radius 2 is 2.47 bits per heavy atom. The highest BCUT2D eigenvalue weighted by atomic mass is 32.2. The van der Waals surface area contributed by atoms with E-state index in [1.54, 1.807) is 23.8 Å². The predicted molar refractivity (Wildman–Crippen MR) is 69.5 cm³/mol. The number of methoxy groups -OCH3 is 1. The fourth-order valence-electron chi connectivity index (χ4n) is 2.25. The Kier molecular flexibility index (Phi) is 4.12. The van der Waals surface area contributed by atoms with E-state index in [4.69, 9.17) is 4.74 Å². The number of ether oxygens (including phenoxy) is 1. The molecule has 0 aromatic heterocycles. The van der Waals surface area contributed by atoms with E-state index in [-0.39, 0.29) is 11.3 Å². The van der Waals surface area contributed by atoms with Gasteiger partial charge in [-0.2, -0.15) is 0 Å². The number of hydrogen-bond acceptors (Lipinski definition) is 4. The number of thioether (sulfide) groups is 1. The van der Waals surface area contributed by atoms with Gasteiger partial charge in [0.25, 0.3) is 5.91 Å². The molecule has 2 aliphatic rings. The van der Waals surface area contributed by atoms with Gasteiger partial charge in [-0.3, -0.25) is 15.0 Å². The average molecular weight is 256 g/mol. The van der Waals surface area contributed by atoms with E-state index in [1.807, 2.05) is 12.3 Å². The van der Waals surface area contributed by atoms with Gasteiger partial charge in [-0.25, -0.2) is 0 Å². The first-order chi connectivity index (χ1) is 8.26. The summed E-state index contributed by atoms with van der Waals surface area (Å²) in [5, 5.41) is 3.39. The second-order valence-corrected chi connectivity index (χ2v) is 5.47. The molecule has 0 saturated carbocycles. The fraction of sp³-hybridized carbons (Fsp3) is 0.750. The minimum absolute atomic E-state index is 0.0324. The van der Waals surface area contributed by atoms with Crippen LogP contribution >= 0.6 is 11.8 Å². The van der Waals surface area contributed by atoms with Crippen LogP contribution in [0, 0.1) is 0 Å². The largest absolute Gasteiger partial charge is 0.352 e. The minimum Gasteiger partial charge on any atom is -0.352 e. The second-order valence-electron chi connectivity index (χ2n) is 4.36. The molecule has 5 heteroatoms. The molecule has 0 spiro atoms. The standard InChI is InChI=1S/C12H20N2O2S/c1-3-4-5-7-13-12(16-2)10(15)14-8-6-9-17-11(12)14/h6,8,11,13H,3-5,7,9H2,1-2H3/t11-,12-/m0/s1. The van der Waals surface area contributed by atoms with Crippen LogP contribution < -0.4 is 5.32 Å². The molecule has 96 valence electrons. The third-order valence-corrected chi connectivity index (χ3v) is 4.52. The van der Waals surface area contributed by atoms with Crippen LogP contribution in [0.1, 0.15) is 26.2 Å². The monoisotopic (exact) mass is 256 g/mol. The molecular weight excluding hydrogens is 236 g/mol. The third-order valence-electron chi connectivity index (χ3n) is 3.26. The molecule has 2 aliphatic heterocycles. The van der Waals surface area contributed by atoms with Crippen LogP contribution in [0.5, 0.6) is 0 Å². The molecule has 4 nitrogen and oxygen atoms in total. The number of nitrogens with one attached hydrogen (secondary N) is 1. The molecule has 2 heterocycles. The first-order valence-electron chi connectivity index (χ1n) is 6.17. The van der Waals surface area contributed by atoms with Crippen molar-refractivity contribution in [1.29, 1.82) is 0 Å². The van der Waals surface area contributed by atoms with Crippen molar-refractivity contribution in [2.45, 2.75) is 37.3 Å². The lowest BCUT2D eigenvalue weighted by molar-refractivity contribution is -0.187. The van der Waals surface area contributed by atoms with E-state index < -0.39 is 5.72 Å². The Morgan fingerprint density at radius 3 is 3.18 bits per heavy atom. The van der Waals surface area contributed by atoms with Gasteiger partial charge in [-0.1, -0.05) is 25.8 Å². The van der Waals surface area contributed by atoms with E-state index in [9.17, 15) is 4.79 Å². The summed E-state index contributed by atoms with van der Waals surface area (Å²) in [4.78, 5) is 13.8. The summed E-state index contributed by atoms with van der Waals surface area (Å²) < 4.78 is 5.48. The number of carbonyl (C=O) groups excluding carboxylic acids is 1. The molecule has 17 heavy (non-hydrogen) atoms. The van der Waals surface area contributed by atoms with E-state index in [0.29, 0.717) is 0 Å². The van der Waals surface area contributed by atoms with Gasteiger partial charge in [0.2, 0.25) is 5.72 Å². The van der Waals surface area contributed by atoms with Crippen molar-refractivity contribution in [1.82, 2.24) is 10.2 Å². The van der Waals surface area contributed by atoms with Crippen LogP contribution in [-0.2, 0) is 9.53 Å². The van der Waals surface area contributed by atoms with Crippen LogP contribution in [0.15, 0.2) is 12.3 Å². The van der Waals surface area contributed by atoms with Crippen LogP contribution in [0.4, 0.5) is 0 Å². The lowest BCUT2D eigenvalue weighted by atomic mass is 10.0. The molecule has 2 rings (SSSR count). The number of hydrogen-bond donors (Lipinski definition) is 1. The van der Waals surface area contributed by atoms with Crippen LogP contribution in [0.25, 0.3) is 0 Å². The summed E-state index contributed by atoms with van der Waals surface area (Å²) in [6.07, 6.45) is 7.33. The molecule has 0 unspecified atom stereocenters. The topological polar surface area (TPSA) is 41.6 Å². The molecule has 1 saturated heterocycles. The van der Waals surface area contributed by atoms with Gasteiger partial charge < -0.3 is 4.74 Å². The zero-order chi connectivity index (χ0) is 12.3. The van der Waals surface area contributed by atoms with Gasteiger partial charge in [-0.05, 0) is 13.0 Å². The number of rotatable bonds is 6. The Balaban J connectivity index is 1.95. The van der Waals surface area contributed by atoms with Gasteiger partial charge in [-0.15, -0.1) is 11.8 Å². The van der Waals surface area contributed by atoms with Crippen molar-refractivity contribution in [2.24, 2.45) is 0 Å². The molecular formula is C12H20N2O2S. The molecule has 1 N–H and O–H groups in total. The highest BCUT2D eigenvalue weighted by molar-refractivity contribution is 8.00. The Bertz CT molecular complexity index is 322. The van der Waals surface area contributed by atoms with Gasteiger partial charge in [0, 0.05) is 19.1 Å². The molecule has 0 bridgehead atoms. The lowest BCUT2D eigenvalue weighted by Crippen LogP contribution is -2.78. The number of carbonyl (C=O) groups is 1. The molecule has 0 aliphatic carbocycles. The van der Waals surface area contributed by atoms with Crippen molar-refractivity contribution >= 4 is 17.7 Å². The summed E-state index contributed by atoms with van der Waals surface area (Å²) in [5.41, 5.74) is -0.789. The molecule has 0 aromatic carbocycles.